The Balaban J connectivity index is 2.54. The van der Waals surface area contributed by atoms with Gasteiger partial charge in [0.15, 0.2) is 0 Å². The molecular formula is C9H12BrNO3S. The zero-order valence-corrected chi connectivity index (χ0v) is 10.6. The lowest BCUT2D eigenvalue weighted by molar-refractivity contribution is 0.0843. The maximum atomic E-state index is 11.6. The molecule has 2 N–H and O–H groups in total. The van der Waals surface area contributed by atoms with Crippen molar-refractivity contribution in [1.29, 1.82) is 0 Å². The zero-order valence-electron chi connectivity index (χ0n) is 8.20. The van der Waals surface area contributed by atoms with Crippen LogP contribution in [0.3, 0.4) is 0 Å². The van der Waals surface area contributed by atoms with Crippen LogP contribution in [0.2, 0.25) is 0 Å². The Morgan fingerprint density at radius 1 is 1.73 bits per heavy atom. The van der Waals surface area contributed by atoms with Gasteiger partial charge in [-0.05, 0) is 28.1 Å². The SMILES string of the molecule is COCC(CO)NC(=O)c1ccc(Br)s1. The summed E-state index contributed by atoms with van der Waals surface area (Å²) in [5, 5.41) is 11.6. The summed E-state index contributed by atoms with van der Waals surface area (Å²) < 4.78 is 5.76. The smallest absolute Gasteiger partial charge is 0.261 e. The van der Waals surface area contributed by atoms with Crippen molar-refractivity contribution in [3.63, 3.8) is 0 Å². The van der Waals surface area contributed by atoms with Crippen LogP contribution >= 0.6 is 27.3 Å². The van der Waals surface area contributed by atoms with Crippen LogP contribution in [-0.2, 0) is 4.74 Å². The second-order valence-electron chi connectivity index (χ2n) is 2.91. The molecule has 6 heteroatoms. The summed E-state index contributed by atoms with van der Waals surface area (Å²) in [7, 11) is 1.52. The first-order valence-electron chi connectivity index (χ1n) is 4.33. The highest BCUT2D eigenvalue weighted by molar-refractivity contribution is 9.11. The molecule has 15 heavy (non-hydrogen) atoms. The minimum atomic E-state index is -0.358. The van der Waals surface area contributed by atoms with Gasteiger partial charge >= 0.3 is 0 Å². The number of aliphatic hydroxyl groups excluding tert-OH is 1. The molecule has 0 aliphatic heterocycles. The average Bonchev–Trinajstić information content (AvgIpc) is 2.64. The monoisotopic (exact) mass is 293 g/mol. The molecule has 1 heterocycles. The van der Waals surface area contributed by atoms with Gasteiger partial charge in [-0.3, -0.25) is 4.79 Å². The molecule has 1 aromatic heterocycles. The van der Waals surface area contributed by atoms with Crippen molar-refractivity contribution >= 4 is 33.2 Å². The third kappa shape index (κ3) is 3.90. The third-order valence-corrected chi connectivity index (χ3v) is 3.34. The fraction of sp³-hybridized carbons (Fsp3) is 0.444. The molecule has 1 rings (SSSR count). The minimum Gasteiger partial charge on any atom is -0.394 e. The van der Waals surface area contributed by atoms with Crippen LogP contribution in [0.5, 0.6) is 0 Å². The number of halogens is 1. The van der Waals surface area contributed by atoms with Crippen LogP contribution in [-0.4, -0.2) is 37.4 Å². The van der Waals surface area contributed by atoms with Crippen molar-refractivity contribution in [1.82, 2.24) is 5.32 Å². The van der Waals surface area contributed by atoms with Crippen LogP contribution in [0.15, 0.2) is 15.9 Å². The largest absolute Gasteiger partial charge is 0.394 e. The highest BCUT2D eigenvalue weighted by atomic mass is 79.9. The molecule has 1 atom stereocenters. The van der Waals surface area contributed by atoms with E-state index in [9.17, 15) is 4.79 Å². The number of aliphatic hydroxyl groups is 1. The number of carbonyl (C=O) groups is 1. The maximum Gasteiger partial charge on any atom is 0.261 e. The predicted molar refractivity (Wildman–Crippen MR) is 62.2 cm³/mol. The van der Waals surface area contributed by atoms with Crippen LogP contribution in [0.25, 0.3) is 0 Å². The molecule has 0 aliphatic carbocycles. The van der Waals surface area contributed by atoms with Crippen LogP contribution < -0.4 is 5.32 Å². The Morgan fingerprint density at radius 3 is 2.93 bits per heavy atom. The molecule has 0 bridgehead atoms. The molecular weight excluding hydrogens is 282 g/mol. The fourth-order valence-corrected chi connectivity index (χ4v) is 2.32. The quantitative estimate of drug-likeness (QED) is 0.859. The third-order valence-electron chi connectivity index (χ3n) is 1.72. The molecule has 0 fully saturated rings. The predicted octanol–water partition coefficient (Wildman–Crippen LogP) is 1.25. The number of nitrogens with one attached hydrogen (secondary N) is 1. The minimum absolute atomic E-state index is 0.133. The molecule has 1 aromatic rings. The normalized spacial score (nSPS) is 12.5. The van der Waals surface area contributed by atoms with E-state index >= 15 is 0 Å². The van der Waals surface area contributed by atoms with Crippen molar-refractivity contribution in [3.05, 3.63) is 20.8 Å². The number of hydrogen-bond acceptors (Lipinski definition) is 4. The first-order valence-corrected chi connectivity index (χ1v) is 5.94. The lowest BCUT2D eigenvalue weighted by Crippen LogP contribution is -2.40. The van der Waals surface area contributed by atoms with Gasteiger partial charge in [0.25, 0.3) is 5.91 Å². The van der Waals surface area contributed by atoms with Gasteiger partial charge in [-0.1, -0.05) is 0 Å². The van der Waals surface area contributed by atoms with Gasteiger partial charge in [0, 0.05) is 7.11 Å². The zero-order chi connectivity index (χ0) is 11.3. The number of carbonyl (C=O) groups excluding carboxylic acids is 1. The number of methoxy groups -OCH3 is 1. The summed E-state index contributed by atoms with van der Waals surface area (Å²) >= 11 is 4.63. The standard InChI is InChI=1S/C9H12BrNO3S/c1-14-5-6(4-12)11-9(13)7-2-3-8(10)15-7/h2-3,6,12H,4-5H2,1H3,(H,11,13). The van der Waals surface area contributed by atoms with Crippen molar-refractivity contribution in [3.8, 4) is 0 Å². The maximum absolute atomic E-state index is 11.6. The fourth-order valence-electron chi connectivity index (χ4n) is 1.03. The molecule has 1 unspecified atom stereocenters. The number of rotatable bonds is 5. The summed E-state index contributed by atoms with van der Waals surface area (Å²) in [5.41, 5.74) is 0. The van der Waals surface area contributed by atoms with E-state index in [-0.39, 0.29) is 18.6 Å². The van der Waals surface area contributed by atoms with Gasteiger partial charge in [-0.25, -0.2) is 0 Å². The molecule has 0 aromatic carbocycles. The Kier molecular flexibility index (Phi) is 5.24. The van der Waals surface area contributed by atoms with Crippen LogP contribution in [0.1, 0.15) is 9.67 Å². The van der Waals surface area contributed by atoms with Crippen LogP contribution in [0, 0.1) is 0 Å². The second kappa shape index (κ2) is 6.22. The van der Waals surface area contributed by atoms with E-state index < -0.39 is 0 Å². The van der Waals surface area contributed by atoms with Crippen molar-refractivity contribution in [2.75, 3.05) is 20.3 Å². The van der Waals surface area contributed by atoms with Crippen molar-refractivity contribution in [2.24, 2.45) is 0 Å². The molecule has 4 nitrogen and oxygen atoms in total. The molecule has 0 radical (unpaired) electrons. The summed E-state index contributed by atoms with van der Waals surface area (Å²) in [6, 6.07) is 3.18. The van der Waals surface area contributed by atoms with Gasteiger partial charge in [0.05, 0.1) is 27.9 Å². The molecule has 0 spiro atoms. The molecule has 0 aliphatic rings. The topological polar surface area (TPSA) is 58.6 Å². The van der Waals surface area contributed by atoms with Crippen molar-refractivity contribution in [2.45, 2.75) is 6.04 Å². The molecule has 1 amide bonds. The van der Waals surface area contributed by atoms with Crippen molar-refractivity contribution < 1.29 is 14.6 Å². The summed E-state index contributed by atoms with van der Waals surface area (Å²) in [6.45, 7) is 0.168. The van der Waals surface area contributed by atoms with Gasteiger partial charge in [0.1, 0.15) is 0 Å². The average molecular weight is 294 g/mol. The Morgan fingerprint density at radius 2 is 2.47 bits per heavy atom. The Labute approximate surface area is 100 Å². The Hall–Kier alpha value is -0.430. The van der Waals surface area contributed by atoms with E-state index in [1.54, 1.807) is 6.07 Å². The molecule has 84 valence electrons. The Bertz CT molecular complexity index is 329. The molecule has 0 saturated carbocycles. The second-order valence-corrected chi connectivity index (χ2v) is 5.38. The number of ether oxygens (including phenoxy) is 1. The van der Waals surface area contributed by atoms with E-state index in [1.807, 2.05) is 6.07 Å². The van der Waals surface area contributed by atoms with Gasteiger partial charge in [-0.15, -0.1) is 11.3 Å². The van der Waals surface area contributed by atoms with Gasteiger partial charge < -0.3 is 15.2 Å². The lowest BCUT2D eigenvalue weighted by atomic mass is 10.3. The van der Waals surface area contributed by atoms with E-state index in [1.165, 1.54) is 18.4 Å². The first-order chi connectivity index (χ1) is 7.17. The lowest BCUT2D eigenvalue weighted by Gasteiger charge is -2.14. The van der Waals surface area contributed by atoms with E-state index in [4.69, 9.17) is 9.84 Å². The van der Waals surface area contributed by atoms with E-state index in [0.29, 0.717) is 11.5 Å². The summed E-state index contributed by atoms with van der Waals surface area (Å²) in [6.07, 6.45) is 0. The number of hydrogen-bond donors (Lipinski definition) is 2. The highest BCUT2D eigenvalue weighted by Gasteiger charge is 2.13. The summed E-state index contributed by atoms with van der Waals surface area (Å²) in [4.78, 5) is 12.2. The van der Waals surface area contributed by atoms with E-state index in [2.05, 4.69) is 21.2 Å². The number of thiophene rings is 1. The van der Waals surface area contributed by atoms with E-state index in [0.717, 1.165) is 3.79 Å². The van der Waals surface area contributed by atoms with Crippen LogP contribution in [0.4, 0.5) is 0 Å². The van der Waals surface area contributed by atoms with Gasteiger partial charge in [-0.2, -0.15) is 0 Å². The molecule has 0 saturated heterocycles. The van der Waals surface area contributed by atoms with Gasteiger partial charge in [0.2, 0.25) is 0 Å². The number of amides is 1. The summed E-state index contributed by atoms with van der Waals surface area (Å²) in [5.74, 6) is -0.193. The highest BCUT2D eigenvalue weighted by Crippen LogP contribution is 2.21. The first kappa shape index (κ1) is 12.6.